The number of piperidine rings is 1. The maximum absolute atomic E-state index is 4.45. The number of guanidine groups is 1. The molecule has 2 heterocycles. The van der Waals surface area contributed by atoms with Crippen LogP contribution in [0, 0.1) is 5.92 Å². The molecule has 1 aromatic rings. The summed E-state index contributed by atoms with van der Waals surface area (Å²) in [5.41, 5.74) is 1.26. The highest BCUT2D eigenvalue weighted by atomic mass is 79.9. The third kappa shape index (κ3) is 5.52. The zero-order valence-electron chi connectivity index (χ0n) is 15.6. The Morgan fingerprint density at radius 2 is 2.12 bits per heavy atom. The smallest absolute Gasteiger partial charge is 0.193 e. The van der Waals surface area contributed by atoms with Crippen LogP contribution >= 0.6 is 15.9 Å². The number of likely N-dealkylation sites (tertiary alicyclic amines) is 1. The summed E-state index contributed by atoms with van der Waals surface area (Å²) in [5.74, 6) is 1.73. The van der Waals surface area contributed by atoms with Crippen molar-refractivity contribution in [3.63, 3.8) is 0 Å². The van der Waals surface area contributed by atoms with E-state index in [9.17, 15) is 0 Å². The van der Waals surface area contributed by atoms with E-state index in [2.05, 4.69) is 73.9 Å². The van der Waals surface area contributed by atoms with E-state index >= 15 is 0 Å². The van der Waals surface area contributed by atoms with Gasteiger partial charge < -0.3 is 19.7 Å². The van der Waals surface area contributed by atoms with Gasteiger partial charge >= 0.3 is 0 Å². The Bertz CT molecular complexity index is 532. The average molecular weight is 398 g/mol. The van der Waals surface area contributed by atoms with E-state index < -0.39 is 0 Å². The average Bonchev–Trinajstić information content (AvgIpc) is 2.87. The van der Waals surface area contributed by atoms with Crippen LogP contribution in [0.3, 0.4) is 0 Å². The fraction of sp³-hybridized carbons (Fsp3) is 0.722. The summed E-state index contributed by atoms with van der Waals surface area (Å²) in [6.45, 7) is 7.86. The molecule has 1 fully saturated rings. The van der Waals surface area contributed by atoms with Gasteiger partial charge in [0.1, 0.15) is 0 Å². The minimum atomic E-state index is 0.757. The van der Waals surface area contributed by atoms with Crippen LogP contribution in [0.2, 0.25) is 0 Å². The van der Waals surface area contributed by atoms with Crippen molar-refractivity contribution in [3.05, 3.63) is 22.4 Å². The van der Waals surface area contributed by atoms with Crippen LogP contribution in [0.15, 0.2) is 21.7 Å². The summed E-state index contributed by atoms with van der Waals surface area (Å²) < 4.78 is 3.27. The molecule has 1 aliphatic heterocycles. The molecule has 0 atom stereocenters. The molecule has 0 aliphatic carbocycles. The molecular formula is C18H32BrN5. The van der Waals surface area contributed by atoms with E-state index in [1.165, 1.54) is 44.6 Å². The van der Waals surface area contributed by atoms with E-state index in [1.807, 2.05) is 7.05 Å². The second-order valence-electron chi connectivity index (χ2n) is 6.83. The van der Waals surface area contributed by atoms with Gasteiger partial charge in [-0.1, -0.05) is 6.92 Å². The Kier molecular flexibility index (Phi) is 7.62. The van der Waals surface area contributed by atoms with Crippen LogP contribution in [0.1, 0.15) is 31.9 Å². The Morgan fingerprint density at radius 1 is 1.42 bits per heavy atom. The molecule has 0 aromatic carbocycles. The summed E-state index contributed by atoms with van der Waals surface area (Å²) in [4.78, 5) is 9.23. The second-order valence-corrected chi connectivity index (χ2v) is 7.75. The topological polar surface area (TPSA) is 35.8 Å². The monoisotopic (exact) mass is 397 g/mol. The van der Waals surface area contributed by atoms with Crippen LogP contribution in [0.4, 0.5) is 0 Å². The lowest BCUT2D eigenvalue weighted by Crippen LogP contribution is -2.43. The molecule has 1 aliphatic rings. The van der Waals surface area contributed by atoms with Gasteiger partial charge in [-0.25, -0.2) is 0 Å². The number of hydrogen-bond acceptors (Lipinski definition) is 2. The Hall–Kier alpha value is -1.01. The summed E-state index contributed by atoms with van der Waals surface area (Å²) in [5, 5.41) is 3.57. The van der Waals surface area contributed by atoms with Crippen molar-refractivity contribution in [1.82, 2.24) is 19.7 Å². The molecule has 6 heteroatoms. The van der Waals surface area contributed by atoms with E-state index in [1.54, 1.807) is 0 Å². The summed E-state index contributed by atoms with van der Waals surface area (Å²) in [6.07, 6.45) is 5.93. The number of nitrogens with one attached hydrogen (secondary N) is 1. The van der Waals surface area contributed by atoms with Crippen molar-refractivity contribution in [2.75, 3.05) is 40.3 Å². The normalized spacial score (nSPS) is 17.3. The van der Waals surface area contributed by atoms with Crippen molar-refractivity contribution in [1.29, 1.82) is 0 Å². The quantitative estimate of drug-likeness (QED) is 0.591. The highest BCUT2D eigenvalue weighted by molar-refractivity contribution is 9.10. The lowest BCUT2D eigenvalue weighted by molar-refractivity contribution is 0.185. The van der Waals surface area contributed by atoms with E-state index in [4.69, 9.17) is 0 Å². The largest absolute Gasteiger partial charge is 0.356 e. The second kappa shape index (κ2) is 9.47. The van der Waals surface area contributed by atoms with Crippen molar-refractivity contribution < 1.29 is 0 Å². The highest BCUT2D eigenvalue weighted by Gasteiger charge is 2.19. The van der Waals surface area contributed by atoms with Crippen molar-refractivity contribution in [3.8, 4) is 0 Å². The van der Waals surface area contributed by atoms with Gasteiger partial charge in [0.2, 0.25) is 0 Å². The van der Waals surface area contributed by atoms with Crippen LogP contribution in [0.5, 0.6) is 0 Å². The first-order valence-electron chi connectivity index (χ1n) is 8.98. The third-order valence-corrected chi connectivity index (χ3v) is 5.28. The SMILES string of the molecule is CCCN1CCC(CNC(=NC)N(C)Cc2cc(Br)cn2C)CC1. The Morgan fingerprint density at radius 3 is 2.67 bits per heavy atom. The van der Waals surface area contributed by atoms with Gasteiger partial charge in [0.15, 0.2) is 5.96 Å². The lowest BCUT2D eigenvalue weighted by atomic mass is 9.97. The first-order chi connectivity index (χ1) is 11.5. The Labute approximate surface area is 155 Å². The number of aromatic nitrogens is 1. The standard InChI is InChI=1S/C18H32BrN5/c1-5-8-24-9-6-15(7-10-24)12-21-18(20-2)23(4)14-17-11-16(19)13-22(17)3/h11,13,15H,5-10,12,14H2,1-4H3,(H,20,21). The minimum Gasteiger partial charge on any atom is -0.356 e. The lowest BCUT2D eigenvalue weighted by Gasteiger charge is -2.32. The third-order valence-electron chi connectivity index (χ3n) is 4.84. The van der Waals surface area contributed by atoms with Crippen LogP contribution in [-0.4, -0.2) is 60.6 Å². The maximum Gasteiger partial charge on any atom is 0.193 e. The van der Waals surface area contributed by atoms with Crippen molar-refractivity contribution >= 4 is 21.9 Å². The van der Waals surface area contributed by atoms with Gasteiger partial charge in [0.05, 0.1) is 6.54 Å². The first-order valence-corrected chi connectivity index (χ1v) is 9.77. The number of aryl methyl sites for hydroxylation is 1. The summed E-state index contributed by atoms with van der Waals surface area (Å²) in [6, 6.07) is 2.16. The molecule has 0 unspecified atom stereocenters. The number of aliphatic imine (C=N–C) groups is 1. The molecule has 0 spiro atoms. The van der Waals surface area contributed by atoms with E-state index in [-0.39, 0.29) is 0 Å². The van der Waals surface area contributed by atoms with Crippen LogP contribution in [-0.2, 0) is 13.6 Å². The van der Waals surface area contributed by atoms with Crippen LogP contribution in [0.25, 0.3) is 0 Å². The molecule has 1 aromatic heterocycles. The van der Waals surface area contributed by atoms with Crippen LogP contribution < -0.4 is 5.32 Å². The Balaban J connectivity index is 1.79. The van der Waals surface area contributed by atoms with Gasteiger partial charge in [0, 0.05) is 44.1 Å². The molecule has 2 rings (SSSR count). The fourth-order valence-electron chi connectivity index (χ4n) is 3.39. The van der Waals surface area contributed by atoms with Gasteiger partial charge in [-0.05, 0) is 66.8 Å². The number of nitrogens with zero attached hydrogens (tertiary/aromatic N) is 4. The predicted molar refractivity (Wildman–Crippen MR) is 105 cm³/mol. The first kappa shape index (κ1) is 19.3. The molecule has 0 saturated carbocycles. The predicted octanol–water partition coefficient (Wildman–Crippen LogP) is 2.92. The molecule has 0 amide bonds. The van der Waals surface area contributed by atoms with E-state index in [0.29, 0.717) is 0 Å². The van der Waals surface area contributed by atoms with Gasteiger partial charge in [-0.3, -0.25) is 4.99 Å². The molecule has 5 nitrogen and oxygen atoms in total. The zero-order chi connectivity index (χ0) is 17.5. The van der Waals surface area contributed by atoms with Gasteiger partial charge in [-0.15, -0.1) is 0 Å². The molecular weight excluding hydrogens is 366 g/mol. The summed E-state index contributed by atoms with van der Waals surface area (Å²) in [7, 11) is 6.04. The number of rotatable bonds is 6. The number of hydrogen-bond donors (Lipinski definition) is 1. The molecule has 0 radical (unpaired) electrons. The van der Waals surface area contributed by atoms with Gasteiger partial charge in [-0.2, -0.15) is 0 Å². The molecule has 1 saturated heterocycles. The van der Waals surface area contributed by atoms with Gasteiger partial charge in [0.25, 0.3) is 0 Å². The maximum atomic E-state index is 4.45. The highest BCUT2D eigenvalue weighted by Crippen LogP contribution is 2.17. The number of halogens is 1. The zero-order valence-corrected chi connectivity index (χ0v) is 17.1. The van der Waals surface area contributed by atoms with Crippen molar-refractivity contribution in [2.45, 2.75) is 32.7 Å². The van der Waals surface area contributed by atoms with E-state index in [0.717, 1.165) is 29.4 Å². The fourth-order valence-corrected chi connectivity index (χ4v) is 3.96. The summed E-state index contributed by atoms with van der Waals surface area (Å²) >= 11 is 3.54. The molecule has 24 heavy (non-hydrogen) atoms. The minimum absolute atomic E-state index is 0.757. The van der Waals surface area contributed by atoms with Crippen molar-refractivity contribution in [2.24, 2.45) is 18.0 Å². The molecule has 136 valence electrons. The molecule has 0 bridgehead atoms. The molecule has 1 N–H and O–H groups in total.